The van der Waals surface area contributed by atoms with E-state index in [2.05, 4.69) is 20.5 Å². The number of halogens is 1. The minimum absolute atomic E-state index is 0.0968. The van der Waals surface area contributed by atoms with Gasteiger partial charge < -0.3 is 20.1 Å². The smallest absolute Gasteiger partial charge is 0.238 e. The maximum Gasteiger partial charge on any atom is 0.238 e. The Morgan fingerprint density at radius 3 is 2.89 bits per heavy atom. The van der Waals surface area contributed by atoms with Gasteiger partial charge in [-0.2, -0.15) is 0 Å². The van der Waals surface area contributed by atoms with Crippen LogP contribution < -0.4 is 20.1 Å². The summed E-state index contributed by atoms with van der Waals surface area (Å²) >= 11 is 6.18. The topological polar surface area (TPSA) is 75.7 Å². The number of methoxy groups -OCH3 is 2. The Labute approximate surface area is 163 Å². The van der Waals surface area contributed by atoms with Gasteiger partial charge in [0.1, 0.15) is 11.5 Å². The van der Waals surface area contributed by atoms with Gasteiger partial charge >= 0.3 is 0 Å². The molecule has 8 heteroatoms. The second-order valence-corrected chi connectivity index (χ2v) is 6.62. The zero-order valence-corrected chi connectivity index (χ0v) is 16.1. The summed E-state index contributed by atoms with van der Waals surface area (Å²) in [4.78, 5) is 19.0. The van der Waals surface area contributed by atoms with Crippen LogP contribution in [-0.2, 0) is 4.79 Å². The lowest BCUT2D eigenvalue weighted by molar-refractivity contribution is -0.118. The van der Waals surface area contributed by atoms with Crippen molar-refractivity contribution in [2.75, 3.05) is 45.7 Å². The first kappa shape index (κ1) is 19.4. The van der Waals surface area contributed by atoms with Gasteiger partial charge in [0.15, 0.2) is 0 Å². The number of hydrogen-bond donors (Lipinski definition) is 2. The van der Waals surface area contributed by atoms with Crippen LogP contribution >= 0.6 is 11.6 Å². The lowest BCUT2D eigenvalue weighted by Gasteiger charge is -2.35. The number of nitrogens with zero attached hydrogens (tertiary/aromatic N) is 2. The van der Waals surface area contributed by atoms with Crippen molar-refractivity contribution in [3.8, 4) is 11.5 Å². The Hall–Kier alpha value is -2.35. The summed E-state index contributed by atoms with van der Waals surface area (Å²) in [6, 6.07) is 7.32. The second-order valence-electron chi connectivity index (χ2n) is 6.21. The maximum atomic E-state index is 12.7. The molecule has 1 fully saturated rings. The van der Waals surface area contributed by atoms with E-state index in [1.807, 2.05) is 18.3 Å². The molecule has 144 valence electrons. The molecule has 0 spiro atoms. The molecule has 7 nitrogen and oxygen atoms in total. The Morgan fingerprint density at radius 2 is 2.19 bits per heavy atom. The van der Waals surface area contributed by atoms with Gasteiger partial charge in [-0.25, -0.2) is 0 Å². The number of carbonyl (C=O) groups excluding carboxylic acids is 1. The van der Waals surface area contributed by atoms with Gasteiger partial charge in [0.2, 0.25) is 5.91 Å². The van der Waals surface area contributed by atoms with Crippen molar-refractivity contribution >= 4 is 23.2 Å². The van der Waals surface area contributed by atoms with Crippen molar-refractivity contribution in [3.05, 3.63) is 47.2 Å². The summed E-state index contributed by atoms with van der Waals surface area (Å²) < 4.78 is 10.5. The fourth-order valence-electron chi connectivity index (χ4n) is 3.17. The van der Waals surface area contributed by atoms with E-state index < -0.39 is 0 Å². The standard InChI is InChI=1S/C19H23ClN4O3/c1-26-17-9-18(27-2)15(8-14(17)20)23-19(25)12-24-7-6-22-11-16(24)13-4-3-5-21-10-13/h3-5,8-10,16,22H,6-7,11-12H2,1-2H3,(H,23,25). The van der Waals surface area contributed by atoms with Gasteiger partial charge in [-0.15, -0.1) is 0 Å². The monoisotopic (exact) mass is 390 g/mol. The molecule has 1 aliphatic heterocycles. The number of ether oxygens (including phenoxy) is 2. The highest BCUT2D eigenvalue weighted by molar-refractivity contribution is 6.32. The Morgan fingerprint density at radius 1 is 1.37 bits per heavy atom. The third-order valence-corrected chi connectivity index (χ3v) is 4.81. The molecule has 1 saturated heterocycles. The average molecular weight is 391 g/mol. The third kappa shape index (κ3) is 4.68. The normalized spacial score (nSPS) is 17.4. The minimum atomic E-state index is -0.134. The van der Waals surface area contributed by atoms with E-state index in [9.17, 15) is 4.79 Å². The predicted molar refractivity (Wildman–Crippen MR) is 105 cm³/mol. The summed E-state index contributed by atoms with van der Waals surface area (Å²) in [6.45, 7) is 2.64. The van der Waals surface area contributed by atoms with E-state index in [1.54, 1.807) is 18.3 Å². The van der Waals surface area contributed by atoms with Gasteiger partial charge in [-0.05, 0) is 17.7 Å². The predicted octanol–water partition coefficient (Wildman–Crippen LogP) is 2.34. The van der Waals surface area contributed by atoms with E-state index in [4.69, 9.17) is 21.1 Å². The van der Waals surface area contributed by atoms with Crippen LogP contribution in [-0.4, -0.2) is 56.2 Å². The van der Waals surface area contributed by atoms with E-state index in [-0.39, 0.29) is 18.5 Å². The first-order valence-electron chi connectivity index (χ1n) is 8.68. The molecule has 2 heterocycles. The van der Waals surface area contributed by atoms with Crippen molar-refractivity contribution < 1.29 is 14.3 Å². The first-order valence-corrected chi connectivity index (χ1v) is 9.06. The number of aromatic nitrogens is 1. The molecule has 1 amide bonds. The second kappa shape index (κ2) is 9.03. The maximum absolute atomic E-state index is 12.7. The van der Waals surface area contributed by atoms with E-state index in [1.165, 1.54) is 14.2 Å². The number of anilines is 1. The van der Waals surface area contributed by atoms with E-state index in [0.717, 1.165) is 25.2 Å². The van der Waals surface area contributed by atoms with Crippen LogP contribution in [0.5, 0.6) is 11.5 Å². The SMILES string of the molecule is COc1cc(OC)c(NC(=O)CN2CCNCC2c2cccnc2)cc1Cl. The van der Waals surface area contributed by atoms with Crippen molar-refractivity contribution in [2.45, 2.75) is 6.04 Å². The number of hydrogen-bond acceptors (Lipinski definition) is 6. The van der Waals surface area contributed by atoms with Crippen molar-refractivity contribution in [3.63, 3.8) is 0 Å². The third-order valence-electron chi connectivity index (χ3n) is 4.52. The van der Waals surface area contributed by atoms with Gasteiger partial charge in [0.25, 0.3) is 0 Å². The van der Waals surface area contributed by atoms with E-state index >= 15 is 0 Å². The highest BCUT2D eigenvalue weighted by atomic mass is 35.5. The van der Waals surface area contributed by atoms with Gasteiger partial charge in [0.05, 0.1) is 31.5 Å². The van der Waals surface area contributed by atoms with Crippen molar-refractivity contribution in [1.82, 2.24) is 15.2 Å². The van der Waals surface area contributed by atoms with Crippen molar-refractivity contribution in [2.24, 2.45) is 0 Å². The number of carbonyl (C=O) groups is 1. The lowest BCUT2D eigenvalue weighted by Crippen LogP contribution is -2.48. The van der Waals surface area contributed by atoms with Gasteiger partial charge in [-0.3, -0.25) is 14.7 Å². The molecular weight excluding hydrogens is 368 g/mol. The van der Waals surface area contributed by atoms with Crippen LogP contribution in [0, 0.1) is 0 Å². The Bertz CT molecular complexity index is 788. The number of nitrogens with one attached hydrogen (secondary N) is 2. The Balaban J connectivity index is 1.72. The summed E-state index contributed by atoms with van der Waals surface area (Å²) in [6.07, 6.45) is 3.59. The molecule has 1 atom stereocenters. The largest absolute Gasteiger partial charge is 0.495 e. The molecule has 0 radical (unpaired) electrons. The number of amides is 1. The summed E-state index contributed by atoms with van der Waals surface area (Å²) in [5.41, 5.74) is 1.60. The quantitative estimate of drug-likeness (QED) is 0.788. The lowest BCUT2D eigenvalue weighted by atomic mass is 10.1. The summed E-state index contributed by atoms with van der Waals surface area (Å²) in [5.74, 6) is 0.851. The van der Waals surface area contributed by atoms with Crippen LogP contribution in [0.4, 0.5) is 5.69 Å². The highest BCUT2D eigenvalue weighted by Gasteiger charge is 2.26. The minimum Gasteiger partial charge on any atom is -0.495 e. The first-order chi connectivity index (χ1) is 13.1. The molecule has 1 aromatic heterocycles. The van der Waals surface area contributed by atoms with Crippen LogP contribution in [0.2, 0.25) is 5.02 Å². The van der Waals surface area contributed by atoms with Gasteiger partial charge in [0, 0.05) is 44.1 Å². The molecule has 3 rings (SSSR count). The molecule has 0 saturated carbocycles. The molecule has 2 aromatic rings. The van der Waals surface area contributed by atoms with Crippen LogP contribution in [0.3, 0.4) is 0 Å². The number of rotatable bonds is 6. The fourth-order valence-corrected chi connectivity index (χ4v) is 3.41. The van der Waals surface area contributed by atoms with Crippen LogP contribution in [0.25, 0.3) is 0 Å². The molecule has 27 heavy (non-hydrogen) atoms. The zero-order valence-electron chi connectivity index (χ0n) is 15.4. The van der Waals surface area contributed by atoms with E-state index in [0.29, 0.717) is 22.2 Å². The number of pyridine rings is 1. The summed E-state index contributed by atoms with van der Waals surface area (Å²) in [7, 11) is 3.06. The average Bonchev–Trinajstić information content (AvgIpc) is 2.69. The molecule has 0 bridgehead atoms. The van der Waals surface area contributed by atoms with Crippen molar-refractivity contribution in [1.29, 1.82) is 0 Å². The molecule has 1 aliphatic rings. The Kier molecular flexibility index (Phi) is 6.49. The molecule has 0 aliphatic carbocycles. The number of piperazine rings is 1. The van der Waals surface area contributed by atoms with Crippen LogP contribution in [0.15, 0.2) is 36.7 Å². The fraction of sp³-hybridized carbons (Fsp3) is 0.368. The zero-order chi connectivity index (χ0) is 19.2. The highest BCUT2D eigenvalue weighted by Crippen LogP contribution is 2.36. The van der Waals surface area contributed by atoms with Gasteiger partial charge in [-0.1, -0.05) is 17.7 Å². The molecule has 1 unspecified atom stereocenters. The number of benzene rings is 1. The molecule has 1 aromatic carbocycles. The summed E-state index contributed by atoms with van der Waals surface area (Å²) in [5, 5.41) is 6.67. The molecular formula is C19H23ClN4O3. The van der Waals surface area contributed by atoms with Crippen LogP contribution in [0.1, 0.15) is 11.6 Å². The molecule has 2 N–H and O–H groups in total.